The number of amides is 3. The molecule has 0 unspecified atom stereocenters. The van der Waals surface area contributed by atoms with Crippen molar-refractivity contribution in [1.82, 2.24) is 20.7 Å². The van der Waals surface area contributed by atoms with Crippen LogP contribution in [0, 0.1) is 0 Å². The molecule has 1 aliphatic rings. The quantitative estimate of drug-likeness (QED) is 0.244. The highest BCUT2D eigenvalue weighted by Gasteiger charge is 2.31. The number of carbonyl (C=O) groups is 3. The van der Waals surface area contributed by atoms with Gasteiger partial charge in [-0.05, 0) is 48.7 Å². The van der Waals surface area contributed by atoms with Crippen LogP contribution in [0.15, 0.2) is 53.7 Å². The second-order valence-electron chi connectivity index (χ2n) is 7.16. The molecule has 1 aromatic heterocycles. The second-order valence-corrected chi connectivity index (χ2v) is 8.84. The summed E-state index contributed by atoms with van der Waals surface area (Å²) >= 11 is 6.66. The second kappa shape index (κ2) is 12.1. The molecule has 1 aromatic carbocycles. The highest BCUT2D eigenvalue weighted by molar-refractivity contribution is 8.26. The Bertz CT molecular complexity index is 1040. The van der Waals surface area contributed by atoms with Gasteiger partial charge in [-0.25, -0.2) is 0 Å². The van der Waals surface area contributed by atoms with E-state index < -0.39 is 5.91 Å². The molecule has 3 rings (SSSR count). The summed E-state index contributed by atoms with van der Waals surface area (Å²) in [7, 11) is 1.61. The molecular weight excluding hydrogens is 460 g/mol. The van der Waals surface area contributed by atoms with Gasteiger partial charge in [-0.2, -0.15) is 0 Å². The van der Waals surface area contributed by atoms with Crippen LogP contribution in [0.25, 0.3) is 6.08 Å². The van der Waals surface area contributed by atoms with Crippen LogP contribution in [0.2, 0.25) is 0 Å². The van der Waals surface area contributed by atoms with E-state index in [1.165, 1.54) is 18.0 Å². The minimum atomic E-state index is -0.423. The summed E-state index contributed by atoms with van der Waals surface area (Å²) in [4.78, 5) is 42.5. The standard InChI is InChI=1S/C23H24N4O4S2/c1-31-18-10-8-16(9-11-18)14-19-22(30)27(23(32)33-19)13-4-2-3-7-20(28)25-26-21(29)17-6-5-12-24-15-17/h5-6,8-12,14-15H,2-4,7,13H2,1H3,(H,25,28)(H,26,29). The molecule has 1 aliphatic heterocycles. The number of methoxy groups -OCH3 is 1. The number of hydrazine groups is 1. The predicted molar refractivity (Wildman–Crippen MR) is 131 cm³/mol. The summed E-state index contributed by atoms with van der Waals surface area (Å²) in [5.41, 5.74) is 6.02. The van der Waals surface area contributed by atoms with Crippen molar-refractivity contribution in [3.05, 3.63) is 64.8 Å². The van der Waals surface area contributed by atoms with Crippen molar-refractivity contribution in [3.63, 3.8) is 0 Å². The molecule has 2 aromatic rings. The average Bonchev–Trinajstić information content (AvgIpc) is 3.10. The van der Waals surface area contributed by atoms with Crippen molar-refractivity contribution >= 4 is 52.1 Å². The Morgan fingerprint density at radius 1 is 1.15 bits per heavy atom. The number of thiocarbonyl (C=S) groups is 1. The number of aromatic nitrogens is 1. The first-order valence-electron chi connectivity index (χ1n) is 10.4. The molecule has 2 heterocycles. The van der Waals surface area contributed by atoms with E-state index in [2.05, 4.69) is 15.8 Å². The van der Waals surface area contributed by atoms with Crippen molar-refractivity contribution in [2.45, 2.75) is 25.7 Å². The van der Waals surface area contributed by atoms with Gasteiger partial charge in [0.25, 0.3) is 11.8 Å². The molecule has 172 valence electrons. The normalized spacial score (nSPS) is 14.5. The Morgan fingerprint density at radius 2 is 1.94 bits per heavy atom. The first kappa shape index (κ1) is 24.4. The number of carbonyl (C=O) groups excluding carboxylic acids is 3. The van der Waals surface area contributed by atoms with Gasteiger partial charge < -0.3 is 4.74 Å². The van der Waals surface area contributed by atoms with E-state index in [0.29, 0.717) is 27.8 Å². The summed E-state index contributed by atoms with van der Waals surface area (Å²) < 4.78 is 5.69. The summed E-state index contributed by atoms with van der Waals surface area (Å²) in [6.07, 6.45) is 7.17. The van der Waals surface area contributed by atoms with E-state index in [4.69, 9.17) is 17.0 Å². The third-order valence-electron chi connectivity index (χ3n) is 4.81. The number of nitrogens with zero attached hydrogens (tertiary/aromatic N) is 2. The van der Waals surface area contributed by atoms with Crippen molar-refractivity contribution in [2.75, 3.05) is 13.7 Å². The molecule has 10 heteroatoms. The Kier molecular flexibility index (Phi) is 8.96. The first-order valence-corrected chi connectivity index (χ1v) is 11.6. The molecule has 0 aliphatic carbocycles. The highest BCUT2D eigenvalue weighted by Crippen LogP contribution is 2.33. The SMILES string of the molecule is COc1ccc(C=C2SC(=S)N(CCCCCC(=O)NNC(=O)c3cccnc3)C2=O)cc1. The third kappa shape index (κ3) is 7.13. The fourth-order valence-electron chi connectivity index (χ4n) is 3.03. The summed E-state index contributed by atoms with van der Waals surface area (Å²) in [5.74, 6) is -0.0466. The average molecular weight is 485 g/mol. The Labute approximate surface area is 201 Å². The van der Waals surface area contributed by atoms with Crippen LogP contribution in [-0.2, 0) is 9.59 Å². The molecule has 3 amide bonds. The maximum atomic E-state index is 12.7. The zero-order chi connectivity index (χ0) is 23.6. The fraction of sp³-hybridized carbons (Fsp3) is 0.261. The molecule has 1 fully saturated rings. The number of benzene rings is 1. The maximum Gasteiger partial charge on any atom is 0.271 e. The van der Waals surface area contributed by atoms with Crippen LogP contribution in [0.3, 0.4) is 0 Å². The van der Waals surface area contributed by atoms with E-state index in [0.717, 1.165) is 24.2 Å². The lowest BCUT2D eigenvalue weighted by molar-refractivity contribution is -0.123. The van der Waals surface area contributed by atoms with E-state index >= 15 is 0 Å². The minimum Gasteiger partial charge on any atom is -0.497 e. The zero-order valence-corrected chi connectivity index (χ0v) is 19.7. The maximum absolute atomic E-state index is 12.7. The molecule has 8 nitrogen and oxygen atoms in total. The number of pyridine rings is 1. The largest absolute Gasteiger partial charge is 0.497 e. The summed E-state index contributed by atoms with van der Waals surface area (Å²) in [6, 6.07) is 10.7. The molecular formula is C23H24N4O4S2. The summed E-state index contributed by atoms with van der Waals surface area (Å²) in [5, 5.41) is 0. The number of unbranched alkanes of at least 4 members (excludes halogenated alkanes) is 2. The van der Waals surface area contributed by atoms with E-state index in [9.17, 15) is 14.4 Å². The molecule has 0 saturated carbocycles. The van der Waals surface area contributed by atoms with E-state index in [1.807, 2.05) is 30.3 Å². The predicted octanol–water partition coefficient (Wildman–Crippen LogP) is 3.31. The highest BCUT2D eigenvalue weighted by atomic mass is 32.2. The Balaban J connectivity index is 1.36. The van der Waals surface area contributed by atoms with Crippen LogP contribution in [-0.4, -0.2) is 45.6 Å². The first-order chi connectivity index (χ1) is 16.0. The number of thioether (sulfide) groups is 1. The van der Waals surface area contributed by atoms with Crippen molar-refractivity contribution < 1.29 is 19.1 Å². The number of ether oxygens (including phenoxy) is 1. The number of hydrogen-bond acceptors (Lipinski definition) is 7. The lowest BCUT2D eigenvalue weighted by Gasteiger charge is -2.14. The van der Waals surface area contributed by atoms with Gasteiger partial charge in [0.1, 0.15) is 10.1 Å². The Morgan fingerprint density at radius 3 is 2.64 bits per heavy atom. The van der Waals surface area contributed by atoms with E-state index in [-0.39, 0.29) is 18.2 Å². The van der Waals surface area contributed by atoms with Gasteiger partial charge in [-0.3, -0.25) is 35.1 Å². The number of hydrogen-bond donors (Lipinski definition) is 2. The van der Waals surface area contributed by atoms with Gasteiger partial charge in [-0.15, -0.1) is 0 Å². The number of rotatable bonds is 9. The van der Waals surface area contributed by atoms with Crippen LogP contribution in [0.1, 0.15) is 41.6 Å². The van der Waals surface area contributed by atoms with Gasteiger partial charge in [0.15, 0.2) is 0 Å². The molecule has 0 radical (unpaired) electrons. The minimum absolute atomic E-state index is 0.100. The lowest BCUT2D eigenvalue weighted by Crippen LogP contribution is -2.41. The molecule has 1 saturated heterocycles. The van der Waals surface area contributed by atoms with Crippen molar-refractivity contribution in [2.24, 2.45) is 0 Å². The Hall–Kier alpha value is -3.24. The summed E-state index contributed by atoms with van der Waals surface area (Å²) in [6.45, 7) is 0.504. The van der Waals surface area contributed by atoms with Gasteiger partial charge in [0.2, 0.25) is 5.91 Å². The molecule has 33 heavy (non-hydrogen) atoms. The smallest absolute Gasteiger partial charge is 0.271 e. The van der Waals surface area contributed by atoms with E-state index in [1.54, 1.807) is 30.3 Å². The molecule has 0 bridgehead atoms. The lowest BCUT2D eigenvalue weighted by atomic mass is 10.1. The molecule has 2 N–H and O–H groups in total. The van der Waals surface area contributed by atoms with Crippen LogP contribution in [0.5, 0.6) is 5.75 Å². The zero-order valence-electron chi connectivity index (χ0n) is 18.1. The van der Waals surface area contributed by atoms with Crippen LogP contribution < -0.4 is 15.6 Å². The fourth-order valence-corrected chi connectivity index (χ4v) is 4.34. The third-order valence-corrected chi connectivity index (χ3v) is 6.19. The van der Waals surface area contributed by atoms with Crippen molar-refractivity contribution in [3.8, 4) is 5.75 Å². The van der Waals surface area contributed by atoms with Gasteiger partial charge in [0, 0.05) is 25.4 Å². The van der Waals surface area contributed by atoms with Crippen LogP contribution >= 0.6 is 24.0 Å². The number of nitrogens with one attached hydrogen (secondary N) is 2. The van der Waals surface area contributed by atoms with Gasteiger partial charge in [-0.1, -0.05) is 42.5 Å². The topological polar surface area (TPSA) is 101 Å². The molecule has 0 spiro atoms. The monoisotopic (exact) mass is 484 g/mol. The molecule has 0 atom stereocenters. The van der Waals surface area contributed by atoms with Crippen LogP contribution in [0.4, 0.5) is 0 Å². The van der Waals surface area contributed by atoms with Gasteiger partial charge in [0.05, 0.1) is 17.6 Å². The van der Waals surface area contributed by atoms with Crippen molar-refractivity contribution in [1.29, 1.82) is 0 Å². The van der Waals surface area contributed by atoms with Gasteiger partial charge >= 0.3 is 0 Å².